The second-order valence-corrected chi connectivity index (χ2v) is 7.31. The predicted octanol–water partition coefficient (Wildman–Crippen LogP) is 3.74. The zero-order chi connectivity index (χ0) is 20.5. The Morgan fingerprint density at radius 2 is 2.00 bits per heavy atom. The first-order chi connectivity index (χ1) is 14.0. The number of carbonyl (C=O) groups excluding carboxylic acids is 2. The van der Waals surface area contributed by atoms with Crippen molar-refractivity contribution in [2.75, 3.05) is 13.7 Å². The third-order valence-electron chi connectivity index (χ3n) is 5.64. The van der Waals surface area contributed by atoms with E-state index in [1.54, 1.807) is 4.40 Å². The molecule has 6 nitrogen and oxygen atoms in total. The second-order valence-electron chi connectivity index (χ2n) is 7.31. The van der Waals surface area contributed by atoms with Crippen LogP contribution in [0, 0.1) is 12.8 Å². The Labute approximate surface area is 169 Å². The monoisotopic (exact) mass is 392 g/mol. The largest absolute Gasteiger partial charge is 0.490 e. The van der Waals surface area contributed by atoms with Crippen LogP contribution in [-0.4, -0.2) is 34.9 Å². The summed E-state index contributed by atoms with van der Waals surface area (Å²) in [6, 6.07) is 11.6. The van der Waals surface area contributed by atoms with E-state index in [-0.39, 0.29) is 30.0 Å². The second kappa shape index (κ2) is 7.70. The number of hydrogen-bond donors (Lipinski definition) is 0. The quantitative estimate of drug-likeness (QED) is 0.472. The van der Waals surface area contributed by atoms with E-state index in [1.165, 1.54) is 7.11 Å². The number of imidazole rings is 1. The fourth-order valence-corrected chi connectivity index (χ4v) is 4.39. The van der Waals surface area contributed by atoms with Gasteiger partial charge in [0.25, 0.3) is 0 Å². The summed E-state index contributed by atoms with van der Waals surface area (Å²) in [5.74, 6) is -0.214. The maximum atomic E-state index is 13.4. The van der Waals surface area contributed by atoms with E-state index < -0.39 is 0 Å². The number of rotatable bonds is 6. The Hall–Kier alpha value is -3.15. The highest BCUT2D eigenvalue weighted by Gasteiger charge is 2.39. The van der Waals surface area contributed by atoms with Crippen molar-refractivity contribution in [2.24, 2.45) is 5.92 Å². The molecule has 4 rings (SSSR count). The van der Waals surface area contributed by atoms with Crippen LogP contribution >= 0.6 is 0 Å². The number of carbonyl (C=O) groups is 2. The summed E-state index contributed by atoms with van der Waals surface area (Å²) >= 11 is 0. The van der Waals surface area contributed by atoms with E-state index in [0.717, 1.165) is 11.1 Å². The molecule has 0 amide bonds. The third-order valence-corrected chi connectivity index (χ3v) is 5.64. The molecule has 0 bridgehead atoms. The summed E-state index contributed by atoms with van der Waals surface area (Å²) in [7, 11) is 1.40. The van der Waals surface area contributed by atoms with Crippen LogP contribution in [0.25, 0.3) is 5.65 Å². The fourth-order valence-electron chi connectivity index (χ4n) is 4.39. The first kappa shape index (κ1) is 19.2. The maximum absolute atomic E-state index is 13.4. The summed E-state index contributed by atoms with van der Waals surface area (Å²) in [6.07, 6.45) is 2.65. The Morgan fingerprint density at radius 3 is 2.76 bits per heavy atom. The number of aromatic nitrogens is 2. The number of Topliss-reactive ketones (excluding diaryl/α,β-unsaturated/α-hetero) is 1. The number of benzene rings is 1. The van der Waals surface area contributed by atoms with Crippen molar-refractivity contribution in [1.29, 1.82) is 0 Å². The summed E-state index contributed by atoms with van der Waals surface area (Å²) in [6.45, 7) is 4.26. The molecule has 1 aliphatic rings. The molecular weight excluding hydrogens is 368 g/mol. The van der Waals surface area contributed by atoms with Gasteiger partial charge in [0.15, 0.2) is 17.2 Å². The van der Waals surface area contributed by atoms with Crippen LogP contribution in [0.15, 0.2) is 42.6 Å². The van der Waals surface area contributed by atoms with Gasteiger partial charge in [-0.15, -0.1) is 0 Å². The number of esters is 1. The van der Waals surface area contributed by atoms with Gasteiger partial charge in [0.2, 0.25) is 0 Å². The molecule has 0 saturated heterocycles. The minimum atomic E-state index is -0.347. The lowest BCUT2D eigenvalue weighted by Crippen LogP contribution is -2.23. The van der Waals surface area contributed by atoms with Gasteiger partial charge in [-0.1, -0.05) is 24.3 Å². The van der Waals surface area contributed by atoms with Crippen molar-refractivity contribution in [3.05, 3.63) is 65.1 Å². The molecule has 1 aliphatic carbocycles. The predicted molar refractivity (Wildman–Crippen MR) is 108 cm³/mol. The van der Waals surface area contributed by atoms with Crippen LogP contribution in [-0.2, 0) is 16.0 Å². The van der Waals surface area contributed by atoms with Crippen molar-refractivity contribution >= 4 is 17.4 Å². The highest BCUT2D eigenvalue weighted by molar-refractivity contribution is 5.97. The Bertz CT molecular complexity index is 1090. The van der Waals surface area contributed by atoms with E-state index in [4.69, 9.17) is 9.47 Å². The van der Waals surface area contributed by atoms with Gasteiger partial charge >= 0.3 is 5.97 Å². The highest BCUT2D eigenvalue weighted by Crippen LogP contribution is 2.41. The van der Waals surface area contributed by atoms with Crippen LogP contribution in [0.3, 0.4) is 0 Å². The average molecular weight is 392 g/mol. The van der Waals surface area contributed by atoms with Gasteiger partial charge in [-0.3, -0.25) is 14.0 Å². The summed E-state index contributed by atoms with van der Waals surface area (Å²) in [4.78, 5) is 30.3. The van der Waals surface area contributed by atoms with Crippen LogP contribution in [0.2, 0.25) is 0 Å². The number of methoxy groups -OCH3 is 1. The minimum Gasteiger partial charge on any atom is -0.490 e. The average Bonchev–Trinajstić information content (AvgIpc) is 3.25. The molecule has 2 heterocycles. The Morgan fingerprint density at radius 1 is 1.21 bits per heavy atom. The van der Waals surface area contributed by atoms with Gasteiger partial charge in [0.1, 0.15) is 5.69 Å². The summed E-state index contributed by atoms with van der Waals surface area (Å²) < 4.78 is 12.5. The molecular formula is C23H24N2O4. The lowest BCUT2D eigenvalue weighted by atomic mass is 9.87. The summed E-state index contributed by atoms with van der Waals surface area (Å²) in [5, 5.41) is 0. The van der Waals surface area contributed by atoms with Gasteiger partial charge in [0.05, 0.1) is 25.3 Å². The lowest BCUT2D eigenvalue weighted by molar-refractivity contribution is -0.145. The molecule has 29 heavy (non-hydrogen) atoms. The van der Waals surface area contributed by atoms with E-state index in [0.29, 0.717) is 35.8 Å². The summed E-state index contributed by atoms with van der Waals surface area (Å²) in [5.41, 5.74) is 3.98. The zero-order valence-electron chi connectivity index (χ0n) is 16.8. The molecule has 0 saturated carbocycles. The van der Waals surface area contributed by atoms with Gasteiger partial charge in [-0.2, -0.15) is 0 Å². The smallest absolute Gasteiger partial charge is 0.309 e. The van der Waals surface area contributed by atoms with E-state index in [2.05, 4.69) is 4.98 Å². The SMILES string of the molecule is CCOc1cccn2c(C(=O)C[C@@H]3c4ccccc4C[C@H]3C(=O)OC)c(C)nc12. The minimum absolute atomic E-state index is 0.0424. The van der Waals surface area contributed by atoms with Crippen molar-refractivity contribution < 1.29 is 19.1 Å². The van der Waals surface area contributed by atoms with Gasteiger partial charge in [0, 0.05) is 18.5 Å². The lowest BCUT2D eigenvalue weighted by Gasteiger charge is -2.18. The number of hydrogen-bond acceptors (Lipinski definition) is 5. The number of ketones is 1. The number of pyridine rings is 1. The van der Waals surface area contributed by atoms with Crippen LogP contribution in [0.5, 0.6) is 5.75 Å². The van der Waals surface area contributed by atoms with Gasteiger partial charge < -0.3 is 9.47 Å². The normalized spacial score (nSPS) is 17.9. The molecule has 2 aromatic heterocycles. The Kier molecular flexibility index (Phi) is 5.09. The first-order valence-corrected chi connectivity index (χ1v) is 9.84. The van der Waals surface area contributed by atoms with Crippen molar-refractivity contribution in [3.8, 4) is 5.75 Å². The first-order valence-electron chi connectivity index (χ1n) is 9.84. The van der Waals surface area contributed by atoms with E-state index in [1.807, 2.05) is 56.4 Å². The van der Waals surface area contributed by atoms with Gasteiger partial charge in [-0.05, 0) is 43.5 Å². The van der Waals surface area contributed by atoms with Crippen LogP contribution in [0.4, 0.5) is 0 Å². The number of fused-ring (bicyclic) bond motifs is 2. The number of ether oxygens (including phenoxy) is 2. The molecule has 6 heteroatoms. The van der Waals surface area contributed by atoms with Crippen molar-refractivity contribution in [3.63, 3.8) is 0 Å². The molecule has 2 atom stereocenters. The number of aryl methyl sites for hydroxylation is 1. The van der Waals surface area contributed by atoms with Gasteiger partial charge in [-0.25, -0.2) is 4.98 Å². The third kappa shape index (κ3) is 3.28. The molecule has 0 radical (unpaired) electrons. The fraction of sp³-hybridized carbons (Fsp3) is 0.348. The molecule has 0 N–H and O–H groups in total. The molecule has 0 aliphatic heterocycles. The zero-order valence-corrected chi connectivity index (χ0v) is 16.8. The van der Waals surface area contributed by atoms with Crippen molar-refractivity contribution in [2.45, 2.75) is 32.6 Å². The molecule has 0 fully saturated rings. The molecule has 0 unspecified atom stereocenters. The molecule has 0 spiro atoms. The van der Waals surface area contributed by atoms with Crippen LogP contribution < -0.4 is 4.74 Å². The van der Waals surface area contributed by atoms with E-state index >= 15 is 0 Å². The standard InChI is InChI=1S/C23H24N2O4/c1-4-29-20-10-7-11-25-21(14(2)24-22(20)25)19(26)13-17-16-9-6-5-8-15(16)12-18(17)23(27)28-3/h5-11,17-18H,4,12-13H2,1-3H3/t17-,18-/m1/s1. The molecule has 150 valence electrons. The maximum Gasteiger partial charge on any atom is 0.309 e. The molecule has 1 aromatic carbocycles. The van der Waals surface area contributed by atoms with Crippen LogP contribution in [0.1, 0.15) is 46.6 Å². The Balaban J connectivity index is 1.71. The highest BCUT2D eigenvalue weighted by atomic mass is 16.5. The topological polar surface area (TPSA) is 69.9 Å². The van der Waals surface area contributed by atoms with E-state index in [9.17, 15) is 9.59 Å². The molecule has 3 aromatic rings. The number of nitrogens with zero attached hydrogens (tertiary/aromatic N) is 2. The van der Waals surface area contributed by atoms with Crippen molar-refractivity contribution in [1.82, 2.24) is 9.38 Å².